The average molecular weight is 378 g/mol. The van der Waals surface area contributed by atoms with Crippen molar-refractivity contribution in [1.29, 1.82) is 0 Å². The molecule has 0 atom stereocenters. The summed E-state index contributed by atoms with van der Waals surface area (Å²) >= 11 is 1.40. The largest absolute Gasteiger partial charge is 0.450 e. The van der Waals surface area contributed by atoms with Crippen LogP contribution in [0, 0.1) is 0 Å². The van der Waals surface area contributed by atoms with Crippen LogP contribution in [0.25, 0.3) is 11.4 Å². The summed E-state index contributed by atoms with van der Waals surface area (Å²) in [6.07, 6.45) is -0.469. The summed E-state index contributed by atoms with van der Waals surface area (Å²) in [7, 11) is 1.61. The van der Waals surface area contributed by atoms with Crippen molar-refractivity contribution in [2.75, 3.05) is 32.2 Å². The Morgan fingerprint density at radius 2 is 2.19 bits per heavy atom. The van der Waals surface area contributed by atoms with Gasteiger partial charge in [-0.05, 0) is 19.1 Å². The lowest BCUT2D eigenvalue weighted by atomic mass is 10.2. The number of alkyl carbamates (subject to hydrolysis) is 1. The number of carbonyl (C=O) groups excluding carboxylic acids is 1. The average Bonchev–Trinajstić information content (AvgIpc) is 3.09. The number of carbonyl (C=O) groups is 1. The van der Waals surface area contributed by atoms with Crippen molar-refractivity contribution in [1.82, 2.24) is 15.3 Å². The highest BCUT2D eigenvalue weighted by Gasteiger charge is 2.08. The van der Waals surface area contributed by atoms with E-state index in [1.54, 1.807) is 14.0 Å². The van der Waals surface area contributed by atoms with Crippen molar-refractivity contribution in [3.63, 3.8) is 0 Å². The highest BCUT2D eigenvalue weighted by Crippen LogP contribution is 2.23. The molecule has 10 heteroatoms. The van der Waals surface area contributed by atoms with Gasteiger partial charge in [-0.15, -0.1) is 11.3 Å². The molecule has 2 heterocycles. The first-order valence-electron chi connectivity index (χ1n) is 8.00. The summed E-state index contributed by atoms with van der Waals surface area (Å²) < 4.78 is 9.74. The van der Waals surface area contributed by atoms with Gasteiger partial charge in [0.05, 0.1) is 37.7 Å². The van der Waals surface area contributed by atoms with E-state index in [2.05, 4.69) is 25.6 Å². The molecule has 0 aromatic carbocycles. The summed E-state index contributed by atoms with van der Waals surface area (Å²) in [6, 6.07) is 5.53. The Balaban J connectivity index is 1.99. The second-order valence-electron chi connectivity index (χ2n) is 5.01. The topological polar surface area (TPSA) is 124 Å². The van der Waals surface area contributed by atoms with E-state index in [0.717, 1.165) is 0 Å². The SMILES string of the molecule is CCOC(=O)NCc1cccc(-c2csc(NC(N)=NCCOC)n2)n1. The number of anilines is 1. The van der Waals surface area contributed by atoms with Crippen molar-refractivity contribution >= 4 is 28.5 Å². The molecule has 1 amide bonds. The summed E-state index contributed by atoms with van der Waals surface area (Å²) in [6.45, 7) is 3.33. The smallest absolute Gasteiger partial charge is 0.407 e. The van der Waals surface area contributed by atoms with Crippen LogP contribution in [0.5, 0.6) is 0 Å². The summed E-state index contributed by atoms with van der Waals surface area (Å²) in [5, 5.41) is 8.07. The number of aliphatic imine (C=N–C) groups is 1. The van der Waals surface area contributed by atoms with Crippen molar-refractivity contribution in [3.8, 4) is 11.4 Å². The number of thiazole rings is 1. The molecule has 2 aromatic heterocycles. The van der Waals surface area contributed by atoms with E-state index in [1.165, 1.54) is 11.3 Å². The second-order valence-corrected chi connectivity index (χ2v) is 5.87. The number of hydrogen-bond donors (Lipinski definition) is 3. The number of ether oxygens (including phenoxy) is 2. The zero-order valence-corrected chi connectivity index (χ0v) is 15.5. The third-order valence-electron chi connectivity index (χ3n) is 3.08. The molecule has 0 spiro atoms. The standard InChI is InChI=1S/C16H22N6O3S/c1-3-25-16(23)19-9-11-5-4-6-12(20-11)13-10-26-15(21-13)22-14(17)18-7-8-24-2/h4-6,10H,3,7-9H2,1-2H3,(H,19,23)(H3,17,18,21,22). The summed E-state index contributed by atoms with van der Waals surface area (Å²) in [5.41, 5.74) is 7.91. The fourth-order valence-electron chi connectivity index (χ4n) is 1.92. The first-order chi connectivity index (χ1) is 12.6. The number of nitrogens with zero attached hydrogens (tertiary/aromatic N) is 3. The number of guanidine groups is 1. The van der Waals surface area contributed by atoms with Gasteiger partial charge in [0.15, 0.2) is 11.1 Å². The van der Waals surface area contributed by atoms with Crippen LogP contribution < -0.4 is 16.4 Å². The minimum Gasteiger partial charge on any atom is -0.450 e. The zero-order chi connectivity index (χ0) is 18.8. The Hall–Kier alpha value is -2.72. The van der Waals surface area contributed by atoms with Crippen LogP contribution in [0.2, 0.25) is 0 Å². The van der Waals surface area contributed by atoms with Crippen molar-refractivity contribution < 1.29 is 14.3 Å². The molecule has 0 bridgehead atoms. The van der Waals surface area contributed by atoms with Gasteiger partial charge in [0.2, 0.25) is 0 Å². The highest BCUT2D eigenvalue weighted by molar-refractivity contribution is 7.14. The maximum atomic E-state index is 11.4. The summed E-state index contributed by atoms with van der Waals surface area (Å²) in [5.74, 6) is 0.281. The van der Waals surface area contributed by atoms with Crippen LogP contribution in [-0.4, -0.2) is 48.9 Å². The van der Waals surface area contributed by atoms with Crippen LogP contribution in [0.15, 0.2) is 28.6 Å². The van der Waals surface area contributed by atoms with Gasteiger partial charge < -0.3 is 25.8 Å². The van der Waals surface area contributed by atoms with E-state index in [9.17, 15) is 4.79 Å². The molecule has 0 aliphatic heterocycles. The van der Waals surface area contributed by atoms with Crippen LogP contribution in [0.3, 0.4) is 0 Å². The van der Waals surface area contributed by atoms with E-state index in [1.807, 2.05) is 23.6 Å². The second kappa shape index (κ2) is 10.3. The molecule has 140 valence electrons. The van der Waals surface area contributed by atoms with Crippen molar-refractivity contribution in [3.05, 3.63) is 29.3 Å². The maximum absolute atomic E-state index is 11.4. The highest BCUT2D eigenvalue weighted by atomic mass is 32.1. The van der Waals surface area contributed by atoms with E-state index >= 15 is 0 Å². The van der Waals surface area contributed by atoms with Crippen LogP contribution in [0.4, 0.5) is 9.93 Å². The number of nitrogens with one attached hydrogen (secondary N) is 2. The Morgan fingerprint density at radius 3 is 2.96 bits per heavy atom. The van der Waals surface area contributed by atoms with E-state index in [0.29, 0.717) is 42.0 Å². The zero-order valence-electron chi connectivity index (χ0n) is 14.7. The number of methoxy groups -OCH3 is 1. The first kappa shape index (κ1) is 19.6. The first-order valence-corrected chi connectivity index (χ1v) is 8.88. The fraction of sp³-hybridized carbons (Fsp3) is 0.375. The Morgan fingerprint density at radius 1 is 1.35 bits per heavy atom. The normalized spacial score (nSPS) is 11.2. The van der Waals surface area contributed by atoms with Crippen molar-refractivity contribution in [2.24, 2.45) is 10.7 Å². The minimum atomic E-state index is -0.469. The Bertz CT molecular complexity index is 749. The molecule has 0 fully saturated rings. The number of rotatable bonds is 8. The molecule has 26 heavy (non-hydrogen) atoms. The molecular weight excluding hydrogens is 356 g/mol. The van der Waals surface area contributed by atoms with E-state index in [-0.39, 0.29) is 12.5 Å². The van der Waals surface area contributed by atoms with Crippen molar-refractivity contribution in [2.45, 2.75) is 13.5 Å². The van der Waals surface area contributed by atoms with Gasteiger partial charge in [-0.25, -0.2) is 14.8 Å². The summed E-state index contributed by atoms with van der Waals surface area (Å²) in [4.78, 5) is 24.4. The third kappa shape index (κ3) is 6.30. The molecule has 0 aliphatic carbocycles. The maximum Gasteiger partial charge on any atom is 0.407 e. The number of aromatic nitrogens is 2. The van der Waals surface area contributed by atoms with Crippen LogP contribution in [-0.2, 0) is 16.0 Å². The number of hydrogen-bond acceptors (Lipinski definition) is 7. The van der Waals surface area contributed by atoms with Gasteiger partial charge >= 0.3 is 6.09 Å². The van der Waals surface area contributed by atoms with E-state index in [4.69, 9.17) is 15.2 Å². The predicted molar refractivity (Wildman–Crippen MR) is 101 cm³/mol. The van der Waals surface area contributed by atoms with Gasteiger partial charge in [0.1, 0.15) is 5.69 Å². The molecule has 0 saturated heterocycles. The predicted octanol–water partition coefficient (Wildman–Crippen LogP) is 1.82. The Labute approximate surface area is 155 Å². The van der Waals surface area contributed by atoms with Gasteiger partial charge in [-0.1, -0.05) is 6.07 Å². The molecule has 0 aliphatic rings. The molecule has 9 nitrogen and oxygen atoms in total. The molecule has 0 radical (unpaired) electrons. The molecule has 2 rings (SSSR count). The van der Waals surface area contributed by atoms with Gasteiger partial charge in [0, 0.05) is 12.5 Å². The van der Waals surface area contributed by atoms with Gasteiger partial charge in [-0.2, -0.15) is 0 Å². The lowest BCUT2D eigenvalue weighted by Crippen LogP contribution is -2.24. The molecule has 0 unspecified atom stereocenters. The lowest BCUT2D eigenvalue weighted by molar-refractivity contribution is 0.151. The molecule has 2 aromatic rings. The van der Waals surface area contributed by atoms with Crippen LogP contribution in [0.1, 0.15) is 12.6 Å². The third-order valence-corrected chi connectivity index (χ3v) is 3.83. The minimum absolute atomic E-state index is 0.279. The Kier molecular flexibility index (Phi) is 7.77. The van der Waals surface area contributed by atoms with Gasteiger partial charge in [-0.3, -0.25) is 4.99 Å². The lowest BCUT2D eigenvalue weighted by Gasteiger charge is -2.05. The fourth-order valence-corrected chi connectivity index (χ4v) is 2.63. The van der Waals surface area contributed by atoms with E-state index < -0.39 is 6.09 Å². The van der Waals surface area contributed by atoms with Crippen LogP contribution >= 0.6 is 11.3 Å². The molecule has 4 N–H and O–H groups in total. The number of pyridine rings is 1. The molecular formula is C16H22N6O3S. The quantitative estimate of drug-likeness (QED) is 0.364. The number of nitrogens with two attached hydrogens (primary N) is 1. The monoisotopic (exact) mass is 378 g/mol. The number of amides is 1. The molecule has 0 saturated carbocycles. The van der Waals surface area contributed by atoms with Gasteiger partial charge in [0.25, 0.3) is 0 Å².